The molecule has 86 valence electrons. The van der Waals surface area contributed by atoms with E-state index in [4.69, 9.17) is 10.7 Å². The maximum absolute atomic E-state index is 5.93. The first-order valence-corrected chi connectivity index (χ1v) is 6.41. The second kappa shape index (κ2) is 4.13. The molecule has 2 fully saturated rings. The molecule has 1 heterocycles. The summed E-state index contributed by atoms with van der Waals surface area (Å²) in [5.41, 5.74) is 7.18. The highest BCUT2D eigenvalue weighted by molar-refractivity contribution is 5.14. The summed E-state index contributed by atoms with van der Waals surface area (Å²) in [5.74, 6) is 2.36. The normalized spacial score (nSPS) is 30.3. The van der Waals surface area contributed by atoms with Gasteiger partial charge in [-0.1, -0.05) is 0 Å². The third kappa shape index (κ3) is 2.09. The minimum atomic E-state index is 0.418. The fraction of sp³-hybridized carbons (Fsp3) is 0.692. The fourth-order valence-corrected chi connectivity index (χ4v) is 2.57. The molecule has 2 N–H and O–H groups in total. The first-order chi connectivity index (χ1) is 7.83. The molecule has 3 nitrogen and oxygen atoms in total. The van der Waals surface area contributed by atoms with Gasteiger partial charge >= 0.3 is 0 Å². The molecule has 0 aromatic carbocycles. The van der Waals surface area contributed by atoms with E-state index in [-0.39, 0.29) is 0 Å². The number of rotatable bonds is 2. The Kier molecular flexibility index (Phi) is 2.64. The van der Waals surface area contributed by atoms with Crippen molar-refractivity contribution in [2.75, 3.05) is 0 Å². The Morgan fingerprint density at radius 3 is 2.38 bits per heavy atom. The summed E-state index contributed by atoms with van der Waals surface area (Å²) in [6.07, 6.45) is 9.17. The van der Waals surface area contributed by atoms with Gasteiger partial charge in [0.25, 0.3) is 0 Å². The quantitative estimate of drug-likeness (QED) is 0.827. The Hall–Kier alpha value is -0.960. The van der Waals surface area contributed by atoms with Gasteiger partial charge in [-0.3, -0.25) is 0 Å². The monoisotopic (exact) mass is 217 g/mol. The van der Waals surface area contributed by atoms with Crippen LogP contribution < -0.4 is 5.73 Å². The van der Waals surface area contributed by atoms with Crippen LogP contribution in [0.15, 0.2) is 12.3 Å². The van der Waals surface area contributed by atoms with Crippen LogP contribution in [0.3, 0.4) is 0 Å². The molecule has 2 aliphatic rings. The predicted octanol–water partition coefficient (Wildman–Crippen LogP) is 2.34. The van der Waals surface area contributed by atoms with E-state index in [1.165, 1.54) is 31.4 Å². The van der Waals surface area contributed by atoms with Crippen molar-refractivity contribution >= 4 is 0 Å². The Labute approximate surface area is 96.5 Å². The summed E-state index contributed by atoms with van der Waals surface area (Å²) >= 11 is 0. The van der Waals surface area contributed by atoms with Crippen LogP contribution in [0, 0.1) is 0 Å². The minimum Gasteiger partial charge on any atom is -0.328 e. The van der Waals surface area contributed by atoms with Crippen LogP contribution in [-0.4, -0.2) is 16.0 Å². The average Bonchev–Trinajstić information content (AvgIpc) is 3.14. The van der Waals surface area contributed by atoms with Crippen molar-refractivity contribution in [1.82, 2.24) is 9.97 Å². The molecule has 0 unspecified atom stereocenters. The zero-order valence-corrected chi connectivity index (χ0v) is 9.60. The highest BCUT2D eigenvalue weighted by Gasteiger charge is 2.28. The molecule has 0 saturated heterocycles. The van der Waals surface area contributed by atoms with Gasteiger partial charge < -0.3 is 5.73 Å². The molecule has 0 aliphatic heterocycles. The second-order valence-electron chi connectivity index (χ2n) is 5.23. The molecular weight excluding hydrogens is 198 g/mol. The molecule has 0 atom stereocenters. The standard InChI is InChI=1S/C13H19N3/c14-11-5-3-9(4-6-11)12-7-8-15-13(16-12)10-1-2-10/h7-11H,1-6,14H2. The van der Waals surface area contributed by atoms with Crippen LogP contribution in [-0.2, 0) is 0 Å². The van der Waals surface area contributed by atoms with Gasteiger partial charge in [-0.25, -0.2) is 9.97 Å². The van der Waals surface area contributed by atoms with E-state index in [9.17, 15) is 0 Å². The maximum atomic E-state index is 5.93. The Morgan fingerprint density at radius 1 is 1.00 bits per heavy atom. The molecule has 2 aliphatic carbocycles. The largest absolute Gasteiger partial charge is 0.328 e. The lowest BCUT2D eigenvalue weighted by Gasteiger charge is -2.25. The third-order valence-electron chi connectivity index (χ3n) is 3.83. The summed E-state index contributed by atoms with van der Waals surface area (Å²) in [7, 11) is 0. The highest BCUT2D eigenvalue weighted by Crippen LogP contribution is 2.39. The maximum Gasteiger partial charge on any atom is 0.131 e. The van der Waals surface area contributed by atoms with E-state index in [1.54, 1.807) is 0 Å². The smallest absolute Gasteiger partial charge is 0.131 e. The van der Waals surface area contributed by atoms with Crippen molar-refractivity contribution in [3.05, 3.63) is 23.8 Å². The van der Waals surface area contributed by atoms with E-state index in [0.717, 1.165) is 18.7 Å². The van der Waals surface area contributed by atoms with E-state index >= 15 is 0 Å². The molecule has 0 radical (unpaired) electrons. The zero-order valence-electron chi connectivity index (χ0n) is 9.60. The van der Waals surface area contributed by atoms with E-state index in [0.29, 0.717) is 17.9 Å². The number of nitrogens with two attached hydrogens (primary N) is 1. The van der Waals surface area contributed by atoms with Gasteiger partial charge in [0.1, 0.15) is 5.82 Å². The van der Waals surface area contributed by atoms with Gasteiger partial charge in [0.2, 0.25) is 0 Å². The molecule has 1 aromatic heterocycles. The third-order valence-corrected chi connectivity index (χ3v) is 3.83. The predicted molar refractivity (Wildman–Crippen MR) is 63.2 cm³/mol. The van der Waals surface area contributed by atoms with Crippen molar-refractivity contribution < 1.29 is 0 Å². The zero-order chi connectivity index (χ0) is 11.0. The molecule has 2 saturated carbocycles. The van der Waals surface area contributed by atoms with Gasteiger partial charge in [0.15, 0.2) is 0 Å². The molecule has 0 spiro atoms. The Balaban J connectivity index is 1.75. The van der Waals surface area contributed by atoms with Crippen LogP contribution in [0.1, 0.15) is 61.9 Å². The van der Waals surface area contributed by atoms with Gasteiger partial charge in [0, 0.05) is 29.8 Å². The molecule has 0 amide bonds. The number of hydrogen-bond donors (Lipinski definition) is 1. The average molecular weight is 217 g/mol. The van der Waals surface area contributed by atoms with Gasteiger partial charge in [-0.15, -0.1) is 0 Å². The Bertz CT molecular complexity index is 365. The van der Waals surface area contributed by atoms with E-state index in [1.807, 2.05) is 6.20 Å². The molecule has 16 heavy (non-hydrogen) atoms. The first-order valence-electron chi connectivity index (χ1n) is 6.41. The van der Waals surface area contributed by atoms with E-state index < -0.39 is 0 Å². The van der Waals surface area contributed by atoms with Crippen LogP contribution in [0.25, 0.3) is 0 Å². The molecule has 0 bridgehead atoms. The summed E-state index contributed by atoms with van der Waals surface area (Å²) in [6, 6.07) is 2.51. The van der Waals surface area contributed by atoms with Crippen molar-refractivity contribution in [3.63, 3.8) is 0 Å². The Morgan fingerprint density at radius 2 is 1.69 bits per heavy atom. The first kappa shape index (κ1) is 10.2. The molecule has 3 rings (SSSR count). The van der Waals surface area contributed by atoms with Gasteiger partial charge in [0.05, 0.1) is 0 Å². The second-order valence-corrected chi connectivity index (χ2v) is 5.23. The molecule has 3 heteroatoms. The minimum absolute atomic E-state index is 0.418. The van der Waals surface area contributed by atoms with Crippen LogP contribution >= 0.6 is 0 Å². The number of nitrogens with zero attached hydrogens (tertiary/aromatic N) is 2. The van der Waals surface area contributed by atoms with Gasteiger partial charge in [-0.05, 0) is 44.6 Å². The lowest BCUT2D eigenvalue weighted by atomic mass is 9.84. The number of hydrogen-bond acceptors (Lipinski definition) is 3. The van der Waals surface area contributed by atoms with Crippen LogP contribution in [0.4, 0.5) is 0 Å². The summed E-state index contributed by atoms with van der Waals surface area (Å²) < 4.78 is 0. The summed E-state index contributed by atoms with van der Waals surface area (Å²) in [6.45, 7) is 0. The fourth-order valence-electron chi connectivity index (χ4n) is 2.57. The van der Waals surface area contributed by atoms with Crippen molar-refractivity contribution in [2.24, 2.45) is 5.73 Å². The van der Waals surface area contributed by atoms with Crippen molar-refractivity contribution in [1.29, 1.82) is 0 Å². The van der Waals surface area contributed by atoms with Crippen molar-refractivity contribution in [3.8, 4) is 0 Å². The lowest BCUT2D eigenvalue weighted by Crippen LogP contribution is -2.26. The van der Waals surface area contributed by atoms with Crippen molar-refractivity contribution in [2.45, 2.75) is 56.4 Å². The highest BCUT2D eigenvalue weighted by atomic mass is 14.9. The number of aromatic nitrogens is 2. The summed E-state index contributed by atoms with van der Waals surface area (Å²) in [4.78, 5) is 9.11. The summed E-state index contributed by atoms with van der Waals surface area (Å²) in [5, 5.41) is 0. The topological polar surface area (TPSA) is 51.8 Å². The molecule has 1 aromatic rings. The molecular formula is C13H19N3. The van der Waals surface area contributed by atoms with E-state index in [2.05, 4.69) is 11.1 Å². The SMILES string of the molecule is NC1CCC(c2ccnc(C3CC3)n2)CC1. The van der Waals surface area contributed by atoms with Crippen LogP contribution in [0.2, 0.25) is 0 Å². The lowest BCUT2D eigenvalue weighted by molar-refractivity contribution is 0.389. The van der Waals surface area contributed by atoms with Crippen LogP contribution in [0.5, 0.6) is 0 Å². The van der Waals surface area contributed by atoms with Gasteiger partial charge in [-0.2, -0.15) is 0 Å².